The maximum absolute atomic E-state index is 12.8. The minimum Gasteiger partial charge on any atom is -0.356 e. The first kappa shape index (κ1) is 22.2. The minimum absolute atomic E-state index is 0. The van der Waals surface area contributed by atoms with Crippen LogP contribution in [-0.2, 0) is 22.3 Å². The van der Waals surface area contributed by atoms with Crippen molar-refractivity contribution in [3.05, 3.63) is 35.4 Å². The molecule has 0 aliphatic carbocycles. The van der Waals surface area contributed by atoms with E-state index in [4.69, 9.17) is 5.73 Å². The summed E-state index contributed by atoms with van der Waals surface area (Å²) in [5, 5.41) is 2.74. The predicted octanol–water partition coefficient (Wildman–Crippen LogP) is 2.33. The van der Waals surface area contributed by atoms with Crippen LogP contribution in [-0.4, -0.2) is 35.8 Å². The normalized spacial score (nSPS) is 18.4. The van der Waals surface area contributed by atoms with Crippen LogP contribution in [0.1, 0.15) is 30.9 Å². The molecule has 0 bridgehead atoms. The summed E-state index contributed by atoms with van der Waals surface area (Å²) in [7, 11) is 0. The number of nitrogens with zero attached hydrogens (tertiary/aromatic N) is 1. The molecule has 2 amide bonds. The molecule has 2 unspecified atom stereocenters. The number of hydrogen-bond acceptors (Lipinski definition) is 3. The molecule has 0 spiro atoms. The molecule has 2 rings (SSSR count). The Hall–Kier alpha value is -1.80. The van der Waals surface area contributed by atoms with Crippen molar-refractivity contribution in [3.63, 3.8) is 0 Å². The molecule has 0 saturated carbocycles. The molecule has 0 radical (unpaired) electrons. The SMILES string of the molecule is CC(N)CCNC(=O)C1CC(=O)N(Cc2cccc(C(F)(F)F)c2)C1.Cl. The van der Waals surface area contributed by atoms with Crippen LogP contribution in [0.15, 0.2) is 24.3 Å². The van der Waals surface area contributed by atoms with Gasteiger partial charge in [-0.3, -0.25) is 9.59 Å². The number of nitrogens with two attached hydrogens (primary N) is 1. The Balaban J connectivity index is 0.00000338. The quantitative estimate of drug-likeness (QED) is 0.778. The van der Waals surface area contributed by atoms with Crippen molar-refractivity contribution in [1.29, 1.82) is 0 Å². The lowest BCUT2D eigenvalue weighted by atomic mass is 10.1. The maximum Gasteiger partial charge on any atom is 0.416 e. The third-order valence-electron chi connectivity index (χ3n) is 4.11. The summed E-state index contributed by atoms with van der Waals surface area (Å²) < 4.78 is 38.3. The van der Waals surface area contributed by atoms with Crippen LogP contribution in [0.25, 0.3) is 0 Å². The summed E-state index contributed by atoms with van der Waals surface area (Å²) in [6.07, 6.45) is -3.71. The first-order valence-electron chi connectivity index (χ1n) is 8.14. The molecule has 0 aromatic heterocycles. The smallest absolute Gasteiger partial charge is 0.356 e. The molecular formula is C17H23ClF3N3O2. The number of carbonyl (C=O) groups excluding carboxylic acids is 2. The molecule has 2 atom stereocenters. The summed E-state index contributed by atoms with van der Waals surface area (Å²) in [6, 6.07) is 4.85. The zero-order valence-electron chi connectivity index (χ0n) is 14.4. The molecule has 9 heteroatoms. The minimum atomic E-state index is -4.42. The van der Waals surface area contributed by atoms with E-state index in [1.54, 1.807) is 6.07 Å². The van der Waals surface area contributed by atoms with E-state index >= 15 is 0 Å². The fraction of sp³-hybridized carbons (Fsp3) is 0.529. The lowest BCUT2D eigenvalue weighted by Crippen LogP contribution is -2.35. The van der Waals surface area contributed by atoms with E-state index < -0.39 is 17.7 Å². The lowest BCUT2D eigenvalue weighted by Gasteiger charge is -2.18. The molecule has 3 N–H and O–H groups in total. The Morgan fingerprint density at radius 2 is 2.12 bits per heavy atom. The van der Waals surface area contributed by atoms with Crippen LogP contribution in [0.5, 0.6) is 0 Å². The van der Waals surface area contributed by atoms with Crippen LogP contribution < -0.4 is 11.1 Å². The fourth-order valence-electron chi connectivity index (χ4n) is 2.73. The number of rotatable bonds is 6. The monoisotopic (exact) mass is 393 g/mol. The molecule has 1 aromatic rings. The Bertz CT molecular complexity index is 638. The topological polar surface area (TPSA) is 75.4 Å². The third kappa shape index (κ3) is 6.17. The van der Waals surface area contributed by atoms with Gasteiger partial charge in [-0.1, -0.05) is 12.1 Å². The van der Waals surface area contributed by atoms with E-state index in [2.05, 4.69) is 5.32 Å². The zero-order valence-corrected chi connectivity index (χ0v) is 15.2. The van der Waals surface area contributed by atoms with Crippen molar-refractivity contribution in [2.45, 2.75) is 38.5 Å². The molecule has 1 fully saturated rings. The molecule has 1 aliphatic heterocycles. The largest absolute Gasteiger partial charge is 0.416 e. The van der Waals surface area contributed by atoms with E-state index in [-0.39, 0.29) is 49.8 Å². The van der Waals surface area contributed by atoms with Crippen LogP contribution in [0, 0.1) is 5.92 Å². The molecule has 1 aliphatic rings. The van der Waals surface area contributed by atoms with Gasteiger partial charge in [0, 0.05) is 32.1 Å². The average molecular weight is 394 g/mol. The van der Waals surface area contributed by atoms with Gasteiger partial charge in [-0.2, -0.15) is 13.2 Å². The average Bonchev–Trinajstić information content (AvgIpc) is 2.87. The molecular weight excluding hydrogens is 371 g/mol. The van der Waals surface area contributed by atoms with E-state index in [1.165, 1.54) is 11.0 Å². The van der Waals surface area contributed by atoms with Gasteiger partial charge in [0.1, 0.15) is 0 Å². The Morgan fingerprint density at radius 3 is 2.73 bits per heavy atom. The predicted molar refractivity (Wildman–Crippen MR) is 93.5 cm³/mol. The van der Waals surface area contributed by atoms with Crippen LogP contribution in [0.3, 0.4) is 0 Å². The number of amides is 2. The fourth-order valence-corrected chi connectivity index (χ4v) is 2.73. The van der Waals surface area contributed by atoms with Gasteiger partial charge in [-0.25, -0.2) is 0 Å². The lowest BCUT2D eigenvalue weighted by molar-refractivity contribution is -0.137. The van der Waals surface area contributed by atoms with E-state index in [0.717, 1.165) is 12.1 Å². The standard InChI is InChI=1S/C17H22F3N3O2.ClH/c1-11(21)5-6-22-16(25)13-8-15(24)23(10-13)9-12-3-2-4-14(7-12)17(18,19)20;/h2-4,7,11,13H,5-6,8-10,21H2,1H3,(H,22,25);1H. The number of hydrogen-bond donors (Lipinski definition) is 2. The first-order valence-corrected chi connectivity index (χ1v) is 8.14. The highest BCUT2D eigenvalue weighted by atomic mass is 35.5. The van der Waals surface area contributed by atoms with Gasteiger partial charge in [0.15, 0.2) is 0 Å². The van der Waals surface area contributed by atoms with Crippen molar-refractivity contribution < 1.29 is 22.8 Å². The van der Waals surface area contributed by atoms with Crippen molar-refractivity contribution >= 4 is 24.2 Å². The van der Waals surface area contributed by atoms with E-state index in [1.807, 2.05) is 6.92 Å². The zero-order chi connectivity index (χ0) is 18.6. The molecule has 146 valence electrons. The number of nitrogens with one attached hydrogen (secondary N) is 1. The summed E-state index contributed by atoms with van der Waals surface area (Å²) in [6.45, 7) is 2.54. The molecule has 26 heavy (non-hydrogen) atoms. The van der Waals surface area contributed by atoms with Crippen molar-refractivity contribution in [3.8, 4) is 0 Å². The molecule has 1 heterocycles. The second-order valence-corrected chi connectivity index (χ2v) is 6.43. The summed E-state index contributed by atoms with van der Waals surface area (Å²) in [5.74, 6) is -0.934. The number of carbonyl (C=O) groups is 2. The van der Waals surface area contributed by atoms with Gasteiger partial charge >= 0.3 is 6.18 Å². The van der Waals surface area contributed by atoms with Gasteiger partial charge in [0.05, 0.1) is 11.5 Å². The highest BCUT2D eigenvalue weighted by molar-refractivity contribution is 5.89. The van der Waals surface area contributed by atoms with Gasteiger partial charge in [0.25, 0.3) is 0 Å². The van der Waals surface area contributed by atoms with Crippen LogP contribution in [0.2, 0.25) is 0 Å². The highest BCUT2D eigenvalue weighted by Crippen LogP contribution is 2.30. The number of halogens is 4. The van der Waals surface area contributed by atoms with Gasteiger partial charge in [0.2, 0.25) is 11.8 Å². The Kier molecular flexibility index (Phi) is 7.89. The number of benzene rings is 1. The van der Waals surface area contributed by atoms with E-state index in [9.17, 15) is 22.8 Å². The molecule has 5 nitrogen and oxygen atoms in total. The van der Waals surface area contributed by atoms with Crippen molar-refractivity contribution in [2.24, 2.45) is 11.7 Å². The Morgan fingerprint density at radius 1 is 1.42 bits per heavy atom. The summed E-state index contributed by atoms with van der Waals surface area (Å²) in [4.78, 5) is 25.6. The highest BCUT2D eigenvalue weighted by Gasteiger charge is 2.35. The third-order valence-corrected chi connectivity index (χ3v) is 4.11. The van der Waals surface area contributed by atoms with Crippen LogP contribution >= 0.6 is 12.4 Å². The summed E-state index contributed by atoms with van der Waals surface area (Å²) in [5.41, 5.74) is 5.25. The van der Waals surface area contributed by atoms with Gasteiger partial charge < -0.3 is 16.0 Å². The molecule has 1 aromatic carbocycles. The first-order chi connectivity index (χ1) is 11.7. The van der Waals surface area contributed by atoms with Gasteiger partial charge in [-0.15, -0.1) is 12.4 Å². The van der Waals surface area contributed by atoms with Gasteiger partial charge in [-0.05, 0) is 31.0 Å². The maximum atomic E-state index is 12.8. The Labute approximate surface area is 156 Å². The second-order valence-electron chi connectivity index (χ2n) is 6.43. The van der Waals surface area contributed by atoms with Crippen molar-refractivity contribution in [2.75, 3.05) is 13.1 Å². The van der Waals surface area contributed by atoms with Crippen LogP contribution in [0.4, 0.5) is 13.2 Å². The second kappa shape index (κ2) is 9.23. The number of alkyl halides is 3. The number of likely N-dealkylation sites (tertiary alicyclic amines) is 1. The van der Waals surface area contributed by atoms with E-state index in [0.29, 0.717) is 18.5 Å². The van der Waals surface area contributed by atoms with Crippen molar-refractivity contribution in [1.82, 2.24) is 10.2 Å². The molecule has 1 saturated heterocycles. The summed E-state index contributed by atoms with van der Waals surface area (Å²) >= 11 is 0.